The molecule has 0 unspecified atom stereocenters. The number of nitrogens with zero attached hydrogens (tertiary/aromatic N) is 2. The third kappa shape index (κ3) is 3.09. The summed E-state index contributed by atoms with van der Waals surface area (Å²) in [5.74, 6) is 1.77. The minimum atomic E-state index is -0.188. The fraction of sp³-hybridized carbons (Fsp3) is 0.400. The van der Waals surface area contributed by atoms with Gasteiger partial charge in [0, 0.05) is 22.4 Å². The van der Waals surface area contributed by atoms with Gasteiger partial charge in [-0.2, -0.15) is 0 Å². The van der Waals surface area contributed by atoms with Crippen molar-refractivity contribution < 1.29 is 9.26 Å². The first-order valence-electron chi connectivity index (χ1n) is 8.78. The molecule has 0 amide bonds. The smallest absolute Gasteiger partial charge is 0.143 e. The Morgan fingerprint density at radius 1 is 1.23 bits per heavy atom. The molecule has 4 rings (SSSR count). The molecular weight excluding hydrogens is 346 g/mol. The molecule has 0 saturated carbocycles. The molecule has 5 nitrogen and oxygen atoms in total. The van der Waals surface area contributed by atoms with E-state index in [0.717, 1.165) is 57.7 Å². The van der Waals surface area contributed by atoms with Crippen LogP contribution in [0, 0.1) is 20.8 Å². The summed E-state index contributed by atoms with van der Waals surface area (Å²) in [5.41, 5.74) is 5.06. The highest BCUT2D eigenvalue weighted by Crippen LogP contribution is 2.38. The summed E-state index contributed by atoms with van der Waals surface area (Å²) in [6, 6.07) is 6.25. The van der Waals surface area contributed by atoms with E-state index in [1.54, 1.807) is 11.3 Å². The van der Waals surface area contributed by atoms with Crippen molar-refractivity contribution in [3.05, 3.63) is 45.1 Å². The van der Waals surface area contributed by atoms with Crippen LogP contribution in [0.2, 0.25) is 0 Å². The molecule has 2 aromatic heterocycles. The van der Waals surface area contributed by atoms with Gasteiger partial charge in [0.05, 0.1) is 28.6 Å². The fourth-order valence-electron chi connectivity index (χ4n) is 3.25. The van der Waals surface area contributed by atoms with E-state index < -0.39 is 0 Å². The summed E-state index contributed by atoms with van der Waals surface area (Å²) in [6.45, 7) is 11.0. The highest BCUT2D eigenvalue weighted by Gasteiger charge is 2.26. The van der Waals surface area contributed by atoms with Gasteiger partial charge in [-0.05, 0) is 52.8 Å². The summed E-state index contributed by atoms with van der Waals surface area (Å²) in [5, 5.41) is 8.59. The predicted octanol–water partition coefficient (Wildman–Crippen LogP) is 4.90. The van der Waals surface area contributed by atoms with Crippen molar-refractivity contribution in [1.82, 2.24) is 10.1 Å². The Hall–Kier alpha value is -2.34. The molecule has 1 aliphatic heterocycles. The third-order valence-corrected chi connectivity index (χ3v) is 5.66. The Morgan fingerprint density at radius 2 is 2.04 bits per heavy atom. The zero-order valence-electron chi connectivity index (χ0n) is 15.8. The van der Waals surface area contributed by atoms with Crippen LogP contribution < -0.4 is 10.1 Å². The summed E-state index contributed by atoms with van der Waals surface area (Å²) in [6.07, 6.45) is 0.757. The second-order valence-corrected chi connectivity index (χ2v) is 8.71. The van der Waals surface area contributed by atoms with Crippen LogP contribution in [0.3, 0.4) is 0 Å². The first-order valence-corrected chi connectivity index (χ1v) is 9.59. The maximum atomic E-state index is 6.04. The summed E-state index contributed by atoms with van der Waals surface area (Å²) >= 11 is 1.73. The maximum absolute atomic E-state index is 6.04. The van der Waals surface area contributed by atoms with Gasteiger partial charge in [0.15, 0.2) is 0 Å². The minimum absolute atomic E-state index is 0.188. The number of fused-ring (bicyclic) bond motifs is 1. The highest BCUT2D eigenvalue weighted by molar-refractivity contribution is 7.12. The number of nitrogens with one attached hydrogen (secondary N) is 1. The van der Waals surface area contributed by atoms with Crippen LogP contribution in [0.5, 0.6) is 5.75 Å². The van der Waals surface area contributed by atoms with E-state index in [-0.39, 0.29) is 5.60 Å². The van der Waals surface area contributed by atoms with Crippen molar-refractivity contribution in [3.8, 4) is 17.0 Å². The molecule has 1 aromatic carbocycles. The Labute approximate surface area is 157 Å². The van der Waals surface area contributed by atoms with Crippen LogP contribution in [0.25, 0.3) is 11.3 Å². The lowest BCUT2D eigenvalue weighted by Gasteiger charge is -2.33. The Morgan fingerprint density at radius 3 is 2.77 bits per heavy atom. The summed E-state index contributed by atoms with van der Waals surface area (Å²) in [7, 11) is 0. The number of rotatable bonds is 3. The molecular formula is C20H23N3O2S. The molecule has 136 valence electrons. The minimum Gasteiger partial charge on any atom is -0.484 e. The van der Waals surface area contributed by atoms with Crippen LogP contribution in [-0.2, 0) is 6.42 Å². The molecule has 0 radical (unpaired) electrons. The normalized spacial score (nSPS) is 15.3. The molecule has 1 aliphatic rings. The molecule has 0 spiro atoms. The number of aromatic nitrogens is 2. The van der Waals surface area contributed by atoms with Gasteiger partial charge in [0.2, 0.25) is 0 Å². The molecule has 3 heterocycles. The molecule has 0 atom stereocenters. The highest BCUT2D eigenvalue weighted by atomic mass is 32.1. The monoisotopic (exact) mass is 369 g/mol. The van der Waals surface area contributed by atoms with E-state index in [0.29, 0.717) is 0 Å². The van der Waals surface area contributed by atoms with Crippen LogP contribution in [0.1, 0.15) is 40.7 Å². The molecule has 3 aromatic rings. The standard InChI is InChI=1S/C20H23N3O2S/c1-11-15(12(2)25-23-11)9-18-22-19(13(3)26-18)14-6-7-17-16(8-14)21-10-20(4,5)24-17/h6-8,21H,9-10H2,1-5H3. The Balaban J connectivity index is 1.64. The van der Waals surface area contributed by atoms with Crippen LogP contribution >= 0.6 is 11.3 Å². The lowest BCUT2D eigenvalue weighted by atomic mass is 10.0. The zero-order valence-corrected chi connectivity index (χ0v) is 16.6. The van der Waals surface area contributed by atoms with Crippen molar-refractivity contribution in [2.45, 2.75) is 46.6 Å². The first kappa shape index (κ1) is 17.1. The maximum Gasteiger partial charge on any atom is 0.143 e. The number of hydrogen-bond donors (Lipinski definition) is 1. The van der Waals surface area contributed by atoms with Crippen LogP contribution in [0.15, 0.2) is 22.7 Å². The van der Waals surface area contributed by atoms with E-state index in [1.165, 1.54) is 4.88 Å². The SMILES string of the molecule is Cc1noc(C)c1Cc1nc(-c2ccc3c(c2)NCC(C)(C)O3)c(C)s1. The second-order valence-electron chi connectivity index (χ2n) is 7.42. The van der Waals surface area contributed by atoms with Gasteiger partial charge in [0.25, 0.3) is 0 Å². The molecule has 0 fully saturated rings. The predicted molar refractivity (Wildman–Crippen MR) is 104 cm³/mol. The average Bonchev–Trinajstić information content (AvgIpc) is 3.11. The molecule has 0 saturated heterocycles. The lowest BCUT2D eigenvalue weighted by Crippen LogP contribution is -2.39. The van der Waals surface area contributed by atoms with Crippen molar-refractivity contribution in [1.29, 1.82) is 0 Å². The van der Waals surface area contributed by atoms with Gasteiger partial charge in [0.1, 0.15) is 17.1 Å². The second kappa shape index (κ2) is 6.13. The van der Waals surface area contributed by atoms with E-state index in [4.69, 9.17) is 14.2 Å². The number of anilines is 1. The number of aryl methyl sites for hydroxylation is 3. The Kier molecular flexibility index (Phi) is 4.03. The van der Waals surface area contributed by atoms with E-state index in [9.17, 15) is 0 Å². The van der Waals surface area contributed by atoms with Crippen molar-refractivity contribution in [2.75, 3.05) is 11.9 Å². The van der Waals surface area contributed by atoms with E-state index in [1.807, 2.05) is 19.9 Å². The number of ether oxygens (including phenoxy) is 1. The third-order valence-electron chi connectivity index (χ3n) is 4.69. The van der Waals surface area contributed by atoms with Crippen molar-refractivity contribution in [2.24, 2.45) is 0 Å². The lowest BCUT2D eigenvalue weighted by molar-refractivity contribution is 0.116. The number of benzene rings is 1. The number of hydrogen-bond acceptors (Lipinski definition) is 6. The first-order chi connectivity index (χ1) is 12.3. The van der Waals surface area contributed by atoms with Gasteiger partial charge in [-0.25, -0.2) is 4.98 Å². The van der Waals surface area contributed by atoms with E-state index in [2.05, 4.69) is 43.4 Å². The quantitative estimate of drug-likeness (QED) is 0.712. The summed E-state index contributed by atoms with van der Waals surface area (Å²) < 4.78 is 11.3. The van der Waals surface area contributed by atoms with Crippen LogP contribution in [-0.4, -0.2) is 22.3 Å². The molecule has 6 heteroatoms. The zero-order chi connectivity index (χ0) is 18.5. The molecule has 0 aliphatic carbocycles. The molecule has 1 N–H and O–H groups in total. The number of thiazole rings is 1. The van der Waals surface area contributed by atoms with Gasteiger partial charge in [-0.15, -0.1) is 11.3 Å². The van der Waals surface area contributed by atoms with Gasteiger partial charge >= 0.3 is 0 Å². The average molecular weight is 369 g/mol. The largest absolute Gasteiger partial charge is 0.484 e. The van der Waals surface area contributed by atoms with Gasteiger partial charge < -0.3 is 14.6 Å². The van der Waals surface area contributed by atoms with Gasteiger partial charge in [-0.1, -0.05) is 5.16 Å². The van der Waals surface area contributed by atoms with Gasteiger partial charge in [-0.3, -0.25) is 0 Å². The van der Waals surface area contributed by atoms with Crippen molar-refractivity contribution >= 4 is 17.0 Å². The Bertz CT molecular complexity index is 952. The summed E-state index contributed by atoms with van der Waals surface area (Å²) in [4.78, 5) is 6.11. The molecule has 26 heavy (non-hydrogen) atoms. The van der Waals surface area contributed by atoms with Crippen LogP contribution in [0.4, 0.5) is 5.69 Å². The fourth-order valence-corrected chi connectivity index (χ4v) is 4.21. The van der Waals surface area contributed by atoms with E-state index >= 15 is 0 Å². The van der Waals surface area contributed by atoms with Crippen molar-refractivity contribution in [3.63, 3.8) is 0 Å². The molecule has 0 bridgehead atoms. The topological polar surface area (TPSA) is 60.2 Å².